The molecule has 3 aliphatic rings. The van der Waals surface area contributed by atoms with Gasteiger partial charge in [-0.3, -0.25) is 9.59 Å². The molecule has 0 bridgehead atoms. The molecule has 2 aliphatic heterocycles. The molecule has 3 fully saturated rings. The molecule has 160 valence electrons. The van der Waals surface area contributed by atoms with Gasteiger partial charge in [-0.05, 0) is 43.9 Å². The van der Waals surface area contributed by atoms with Gasteiger partial charge in [-0.2, -0.15) is 8.78 Å². The van der Waals surface area contributed by atoms with Crippen LogP contribution in [0.15, 0.2) is 0 Å². The minimum absolute atomic E-state index is 0.0572. The van der Waals surface area contributed by atoms with Crippen LogP contribution in [-0.4, -0.2) is 42.8 Å². The van der Waals surface area contributed by atoms with E-state index in [4.69, 9.17) is 14.2 Å². The summed E-state index contributed by atoms with van der Waals surface area (Å²) in [7, 11) is 0. The second-order valence-electron chi connectivity index (χ2n) is 8.87. The lowest BCUT2D eigenvalue weighted by atomic mass is 9.86. The average molecular weight is 402 g/mol. The predicted octanol–water partition coefficient (Wildman–Crippen LogP) is 4.27. The number of rotatable bonds is 9. The Morgan fingerprint density at radius 2 is 2.11 bits per heavy atom. The molecular formula is C21H32F2O5. The summed E-state index contributed by atoms with van der Waals surface area (Å²) in [5.74, 6) is -4.60. The van der Waals surface area contributed by atoms with Crippen LogP contribution >= 0.6 is 0 Å². The van der Waals surface area contributed by atoms with Gasteiger partial charge in [0, 0.05) is 31.8 Å². The molecule has 1 unspecified atom stereocenters. The molecule has 0 aromatic heterocycles. The Labute approximate surface area is 165 Å². The normalized spacial score (nSPS) is 33.2. The summed E-state index contributed by atoms with van der Waals surface area (Å²) in [6, 6.07) is 0. The Bertz CT molecular complexity index is 559. The lowest BCUT2D eigenvalue weighted by molar-refractivity contribution is -0.197. The van der Waals surface area contributed by atoms with Crippen molar-refractivity contribution >= 4 is 11.8 Å². The van der Waals surface area contributed by atoms with Gasteiger partial charge in [-0.15, -0.1) is 0 Å². The van der Waals surface area contributed by atoms with Crippen LogP contribution in [0, 0.1) is 17.8 Å². The summed E-state index contributed by atoms with van der Waals surface area (Å²) >= 11 is 0. The third-order valence-electron chi connectivity index (χ3n) is 6.27. The number of halogens is 2. The van der Waals surface area contributed by atoms with E-state index in [0.29, 0.717) is 25.9 Å². The third kappa shape index (κ3) is 5.29. The van der Waals surface area contributed by atoms with Crippen LogP contribution < -0.4 is 0 Å². The van der Waals surface area contributed by atoms with Crippen molar-refractivity contribution in [2.24, 2.45) is 17.8 Å². The van der Waals surface area contributed by atoms with Crippen LogP contribution in [0.2, 0.25) is 0 Å². The zero-order valence-electron chi connectivity index (χ0n) is 16.8. The molecule has 3 rings (SSSR count). The molecule has 0 amide bonds. The first-order valence-electron chi connectivity index (χ1n) is 10.6. The predicted molar refractivity (Wildman–Crippen MR) is 97.8 cm³/mol. The van der Waals surface area contributed by atoms with E-state index in [1.54, 1.807) is 0 Å². The van der Waals surface area contributed by atoms with E-state index in [0.717, 1.165) is 19.3 Å². The Hall–Kier alpha value is -1.08. The number of carbonyl (C=O) groups is 2. The van der Waals surface area contributed by atoms with Crippen molar-refractivity contribution < 1.29 is 32.6 Å². The molecular weight excluding hydrogens is 370 g/mol. The minimum Gasteiger partial charge on any atom is -0.462 e. The van der Waals surface area contributed by atoms with E-state index in [1.807, 2.05) is 13.8 Å². The van der Waals surface area contributed by atoms with Crippen molar-refractivity contribution in [3.63, 3.8) is 0 Å². The summed E-state index contributed by atoms with van der Waals surface area (Å²) in [6.45, 7) is 4.39. The molecule has 0 radical (unpaired) electrons. The average Bonchev–Trinajstić information content (AvgIpc) is 3.14. The molecule has 2 saturated heterocycles. The fourth-order valence-corrected chi connectivity index (χ4v) is 4.62. The Morgan fingerprint density at radius 1 is 1.32 bits per heavy atom. The fraction of sp³-hybridized carbons (Fsp3) is 0.905. The first-order chi connectivity index (χ1) is 13.3. The van der Waals surface area contributed by atoms with Crippen molar-refractivity contribution in [3.05, 3.63) is 0 Å². The molecule has 5 nitrogen and oxygen atoms in total. The largest absolute Gasteiger partial charge is 0.462 e. The number of ketones is 1. The highest BCUT2D eigenvalue weighted by Crippen LogP contribution is 2.46. The summed E-state index contributed by atoms with van der Waals surface area (Å²) in [6.07, 6.45) is 2.95. The van der Waals surface area contributed by atoms with E-state index in [-0.39, 0.29) is 55.1 Å². The first-order valence-corrected chi connectivity index (χ1v) is 10.6. The first kappa shape index (κ1) is 21.6. The van der Waals surface area contributed by atoms with Crippen LogP contribution in [0.25, 0.3) is 0 Å². The number of hydrogen-bond donors (Lipinski definition) is 0. The van der Waals surface area contributed by atoms with E-state index in [9.17, 15) is 18.4 Å². The highest BCUT2D eigenvalue weighted by atomic mass is 19.3. The van der Waals surface area contributed by atoms with Gasteiger partial charge in [0.2, 0.25) is 5.78 Å². The Morgan fingerprint density at radius 3 is 2.79 bits per heavy atom. The van der Waals surface area contributed by atoms with E-state index >= 15 is 0 Å². The van der Waals surface area contributed by atoms with Crippen LogP contribution in [0.4, 0.5) is 8.78 Å². The molecule has 0 aromatic carbocycles. The number of Topliss-reactive ketones (excluding diaryl/α,β-unsaturated/α-hetero) is 1. The number of ether oxygens (including phenoxy) is 3. The van der Waals surface area contributed by atoms with Crippen molar-refractivity contribution in [2.75, 3.05) is 6.61 Å². The third-order valence-corrected chi connectivity index (χ3v) is 6.27. The molecule has 5 atom stereocenters. The van der Waals surface area contributed by atoms with Crippen molar-refractivity contribution in [2.45, 2.75) is 96.1 Å². The van der Waals surface area contributed by atoms with Gasteiger partial charge in [0.25, 0.3) is 0 Å². The van der Waals surface area contributed by atoms with Gasteiger partial charge in [0.1, 0.15) is 6.10 Å². The van der Waals surface area contributed by atoms with Gasteiger partial charge < -0.3 is 14.2 Å². The number of alkyl halides is 2. The van der Waals surface area contributed by atoms with Gasteiger partial charge in [0.15, 0.2) is 6.29 Å². The van der Waals surface area contributed by atoms with Crippen LogP contribution in [-0.2, 0) is 23.8 Å². The zero-order valence-corrected chi connectivity index (χ0v) is 16.8. The van der Waals surface area contributed by atoms with Gasteiger partial charge >= 0.3 is 11.9 Å². The highest BCUT2D eigenvalue weighted by Gasteiger charge is 2.51. The molecule has 7 heteroatoms. The number of esters is 1. The molecule has 28 heavy (non-hydrogen) atoms. The SMILES string of the molecule is CC(C)CCC(F)(F)C(=O)CC[C@@H]1[C@H]2CC(=O)O[C@H]2C[C@H]1OC1CCCCO1. The lowest BCUT2D eigenvalue weighted by Crippen LogP contribution is -2.33. The van der Waals surface area contributed by atoms with Crippen LogP contribution in [0.1, 0.15) is 71.6 Å². The topological polar surface area (TPSA) is 61.8 Å². The van der Waals surface area contributed by atoms with Crippen molar-refractivity contribution in [1.29, 1.82) is 0 Å². The monoisotopic (exact) mass is 402 g/mol. The smallest absolute Gasteiger partial charge is 0.306 e. The van der Waals surface area contributed by atoms with Crippen LogP contribution in [0.3, 0.4) is 0 Å². The minimum atomic E-state index is -3.28. The summed E-state index contributed by atoms with van der Waals surface area (Å²) in [4.78, 5) is 23.8. The fourth-order valence-electron chi connectivity index (χ4n) is 4.62. The van der Waals surface area contributed by atoms with Gasteiger partial charge in [-0.1, -0.05) is 13.8 Å². The standard InChI is InChI=1S/C21H32F2O5/c1-13(2)8-9-21(22,23)18(24)7-6-14-15-11-19(25)27-17(15)12-16(14)28-20-5-3-4-10-26-20/h13-17,20H,3-12H2,1-2H3/t14-,15-,16-,17+,20?/m1/s1. The maximum absolute atomic E-state index is 14.2. The molecule has 0 spiro atoms. The molecule has 0 aromatic rings. The Balaban J connectivity index is 1.59. The second-order valence-corrected chi connectivity index (χ2v) is 8.87. The van der Waals surface area contributed by atoms with E-state index in [2.05, 4.69) is 0 Å². The number of hydrogen-bond acceptors (Lipinski definition) is 5. The summed E-state index contributed by atoms with van der Waals surface area (Å²) < 4.78 is 45.5. The molecule has 1 aliphatic carbocycles. The van der Waals surface area contributed by atoms with Gasteiger partial charge in [-0.25, -0.2) is 0 Å². The van der Waals surface area contributed by atoms with Crippen molar-refractivity contribution in [1.82, 2.24) is 0 Å². The molecule has 2 heterocycles. The van der Waals surface area contributed by atoms with Crippen LogP contribution in [0.5, 0.6) is 0 Å². The lowest BCUT2D eigenvalue weighted by Gasteiger charge is -2.30. The van der Waals surface area contributed by atoms with Crippen molar-refractivity contribution in [3.8, 4) is 0 Å². The summed E-state index contributed by atoms with van der Waals surface area (Å²) in [5, 5.41) is 0. The number of fused-ring (bicyclic) bond motifs is 1. The zero-order chi connectivity index (χ0) is 20.3. The maximum atomic E-state index is 14.2. The van der Waals surface area contributed by atoms with Gasteiger partial charge in [0.05, 0.1) is 12.5 Å². The van der Waals surface area contributed by atoms with E-state index in [1.165, 1.54) is 0 Å². The van der Waals surface area contributed by atoms with E-state index < -0.39 is 18.1 Å². The second kappa shape index (κ2) is 9.16. The maximum Gasteiger partial charge on any atom is 0.306 e. The highest BCUT2D eigenvalue weighted by molar-refractivity contribution is 5.85. The molecule has 0 N–H and O–H groups in total. The summed E-state index contributed by atoms with van der Waals surface area (Å²) in [5.41, 5.74) is 0. The Kier molecular flexibility index (Phi) is 7.07. The number of carbonyl (C=O) groups excluding carboxylic acids is 2. The molecule has 1 saturated carbocycles. The quantitative estimate of drug-likeness (QED) is 0.539.